The quantitative estimate of drug-likeness (QED) is 0.913. The van der Waals surface area contributed by atoms with Gasteiger partial charge in [-0.05, 0) is 46.3 Å². The van der Waals surface area contributed by atoms with Gasteiger partial charge in [-0.3, -0.25) is 0 Å². The molecule has 0 saturated carbocycles. The molecule has 2 aromatic carbocycles. The third kappa shape index (κ3) is 3.33. The molecule has 6 heteroatoms. The second kappa shape index (κ2) is 6.00. The zero-order valence-corrected chi connectivity index (χ0v) is 11.7. The molecule has 0 aliphatic heterocycles. The second-order valence-corrected chi connectivity index (χ2v) is 4.83. The molecular formula is C14H9BrF2O3. The number of carbonyl (C=O) groups is 1. The van der Waals surface area contributed by atoms with Crippen LogP contribution in [0.2, 0.25) is 0 Å². The number of carboxylic acid groups (broad SMARTS) is 1. The first-order valence-corrected chi connectivity index (χ1v) is 6.36. The summed E-state index contributed by atoms with van der Waals surface area (Å²) in [4.78, 5) is 10.8. The maximum absolute atomic E-state index is 13.6. The molecule has 0 spiro atoms. The molecule has 0 atom stereocenters. The highest BCUT2D eigenvalue weighted by molar-refractivity contribution is 9.10. The number of hydrogen-bond acceptors (Lipinski definition) is 2. The number of hydrogen-bond donors (Lipinski definition) is 1. The molecule has 2 aromatic rings. The standard InChI is InChI=1S/C14H9BrF2O3/c15-11-3-2-10(16)6-13(11)20-7-9-5-8(14(18)19)1-4-12(9)17/h1-6H,7H2,(H,18,19). The Hall–Kier alpha value is -1.95. The van der Waals surface area contributed by atoms with Crippen molar-refractivity contribution in [3.63, 3.8) is 0 Å². The zero-order chi connectivity index (χ0) is 14.7. The molecule has 0 radical (unpaired) electrons. The van der Waals surface area contributed by atoms with Gasteiger partial charge in [-0.1, -0.05) is 0 Å². The van der Waals surface area contributed by atoms with Crippen LogP contribution in [0.3, 0.4) is 0 Å². The third-order valence-corrected chi connectivity index (χ3v) is 3.22. The van der Waals surface area contributed by atoms with Crippen molar-refractivity contribution in [3.05, 3.63) is 63.6 Å². The fraction of sp³-hybridized carbons (Fsp3) is 0.0714. The number of halogens is 3. The number of benzene rings is 2. The third-order valence-electron chi connectivity index (χ3n) is 2.57. The van der Waals surface area contributed by atoms with Crippen LogP contribution in [0.4, 0.5) is 8.78 Å². The molecule has 2 rings (SSSR count). The average Bonchev–Trinajstić information content (AvgIpc) is 2.41. The lowest BCUT2D eigenvalue weighted by atomic mass is 10.1. The minimum Gasteiger partial charge on any atom is -0.488 e. The van der Waals surface area contributed by atoms with Gasteiger partial charge in [0.25, 0.3) is 0 Å². The van der Waals surface area contributed by atoms with Crippen LogP contribution in [0, 0.1) is 11.6 Å². The van der Waals surface area contributed by atoms with Gasteiger partial charge in [-0.25, -0.2) is 13.6 Å². The lowest BCUT2D eigenvalue weighted by molar-refractivity contribution is 0.0696. The summed E-state index contributed by atoms with van der Waals surface area (Å²) < 4.78 is 32.4. The molecule has 0 saturated heterocycles. The SMILES string of the molecule is O=C(O)c1ccc(F)c(COc2cc(F)ccc2Br)c1. The van der Waals surface area contributed by atoms with Crippen LogP contribution in [0.1, 0.15) is 15.9 Å². The molecule has 0 heterocycles. The van der Waals surface area contributed by atoms with Crippen LogP contribution >= 0.6 is 15.9 Å². The van der Waals surface area contributed by atoms with Gasteiger partial charge in [0, 0.05) is 11.6 Å². The fourth-order valence-electron chi connectivity index (χ4n) is 1.56. The van der Waals surface area contributed by atoms with Crippen LogP contribution in [-0.2, 0) is 6.61 Å². The summed E-state index contributed by atoms with van der Waals surface area (Å²) in [5.41, 5.74) is 0.0457. The maximum atomic E-state index is 13.6. The minimum atomic E-state index is -1.15. The smallest absolute Gasteiger partial charge is 0.335 e. The van der Waals surface area contributed by atoms with E-state index in [0.717, 1.165) is 12.1 Å². The largest absolute Gasteiger partial charge is 0.488 e. The van der Waals surface area contributed by atoms with E-state index in [1.54, 1.807) is 0 Å². The van der Waals surface area contributed by atoms with E-state index < -0.39 is 17.6 Å². The van der Waals surface area contributed by atoms with Crippen molar-refractivity contribution in [1.82, 2.24) is 0 Å². The normalized spacial score (nSPS) is 10.3. The van der Waals surface area contributed by atoms with E-state index in [1.807, 2.05) is 0 Å². The van der Waals surface area contributed by atoms with Gasteiger partial charge >= 0.3 is 5.97 Å². The van der Waals surface area contributed by atoms with Crippen LogP contribution < -0.4 is 4.74 Å². The van der Waals surface area contributed by atoms with Gasteiger partial charge in [0.05, 0.1) is 10.0 Å². The topological polar surface area (TPSA) is 46.5 Å². The van der Waals surface area contributed by atoms with Crippen LogP contribution in [0.15, 0.2) is 40.9 Å². The number of rotatable bonds is 4. The molecular weight excluding hydrogens is 334 g/mol. The minimum absolute atomic E-state index is 0.0386. The summed E-state index contributed by atoms with van der Waals surface area (Å²) in [5.74, 6) is -2.01. The first-order chi connectivity index (χ1) is 9.47. The Morgan fingerprint density at radius 3 is 2.65 bits per heavy atom. The average molecular weight is 343 g/mol. The van der Waals surface area contributed by atoms with E-state index in [-0.39, 0.29) is 23.5 Å². The van der Waals surface area contributed by atoms with Gasteiger partial charge in [-0.2, -0.15) is 0 Å². The van der Waals surface area contributed by atoms with E-state index in [9.17, 15) is 13.6 Å². The van der Waals surface area contributed by atoms with Gasteiger partial charge < -0.3 is 9.84 Å². The Morgan fingerprint density at radius 2 is 1.95 bits per heavy atom. The summed E-state index contributed by atoms with van der Waals surface area (Å²) in [7, 11) is 0. The van der Waals surface area contributed by atoms with E-state index in [2.05, 4.69) is 15.9 Å². The summed E-state index contributed by atoms with van der Waals surface area (Å²) in [6.07, 6.45) is 0. The molecule has 20 heavy (non-hydrogen) atoms. The number of aromatic carboxylic acids is 1. The van der Waals surface area contributed by atoms with Crippen molar-refractivity contribution in [2.75, 3.05) is 0 Å². The Bertz CT molecular complexity index is 659. The highest BCUT2D eigenvalue weighted by atomic mass is 79.9. The highest BCUT2D eigenvalue weighted by Crippen LogP contribution is 2.26. The molecule has 0 aromatic heterocycles. The second-order valence-electron chi connectivity index (χ2n) is 3.97. The molecule has 1 N–H and O–H groups in total. The maximum Gasteiger partial charge on any atom is 0.335 e. The Morgan fingerprint density at radius 1 is 1.20 bits per heavy atom. The Kier molecular flexibility index (Phi) is 4.34. The zero-order valence-electron chi connectivity index (χ0n) is 10.1. The van der Waals surface area contributed by atoms with Crippen molar-refractivity contribution in [3.8, 4) is 5.75 Å². The molecule has 0 aliphatic carbocycles. The Labute approximate surface area is 121 Å². The lowest BCUT2D eigenvalue weighted by Crippen LogP contribution is -2.03. The Balaban J connectivity index is 2.20. The van der Waals surface area contributed by atoms with Gasteiger partial charge in [0.15, 0.2) is 0 Å². The lowest BCUT2D eigenvalue weighted by Gasteiger charge is -2.09. The molecule has 0 unspecified atom stereocenters. The van der Waals surface area contributed by atoms with Gasteiger partial charge in [0.2, 0.25) is 0 Å². The molecule has 0 amide bonds. The van der Waals surface area contributed by atoms with E-state index in [1.165, 1.54) is 24.3 Å². The summed E-state index contributed by atoms with van der Waals surface area (Å²) in [5, 5.41) is 8.85. The van der Waals surface area contributed by atoms with Crippen LogP contribution in [0.25, 0.3) is 0 Å². The van der Waals surface area contributed by atoms with E-state index in [4.69, 9.17) is 9.84 Å². The molecule has 0 aliphatic rings. The van der Waals surface area contributed by atoms with Crippen LogP contribution in [-0.4, -0.2) is 11.1 Å². The predicted molar refractivity (Wildman–Crippen MR) is 71.8 cm³/mol. The van der Waals surface area contributed by atoms with Crippen molar-refractivity contribution in [2.45, 2.75) is 6.61 Å². The van der Waals surface area contributed by atoms with Crippen molar-refractivity contribution in [2.24, 2.45) is 0 Å². The van der Waals surface area contributed by atoms with Crippen molar-refractivity contribution < 1.29 is 23.4 Å². The van der Waals surface area contributed by atoms with Crippen molar-refractivity contribution >= 4 is 21.9 Å². The monoisotopic (exact) mass is 342 g/mol. The first kappa shape index (κ1) is 14.5. The summed E-state index contributed by atoms with van der Waals surface area (Å²) in [6.45, 7) is -0.199. The number of ether oxygens (including phenoxy) is 1. The molecule has 3 nitrogen and oxygen atoms in total. The fourth-order valence-corrected chi connectivity index (χ4v) is 1.92. The van der Waals surface area contributed by atoms with E-state index >= 15 is 0 Å². The summed E-state index contributed by atoms with van der Waals surface area (Å²) in [6, 6.07) is 7.28. The van der Waals surface area contributed by atoms with Gasteiger partial charge in [-0.15, -0.1) is 0 Å². The predicted octanol–water partition coefficient (Wildman–Crippen LogP) is 4.00. The van der Waals surface area contributed by atoms with Crippen molar-refractivity contribution in [1.29, 1.82) is 0 Å². The molecule has 104 valence electrons. The highest BCUT2D eigenvalue weighted by Gasteiger charge is 2.10. The first-order valence-electron chi connectivity index (χ1n) is 5.57. The molecule has 0 bridgehead atoms. The van der Waals surface area contributed by atoms with E-state index in [0.29, 0.717) is 4.47 Å². The molecule has 0 fully saturated rings. The number of carboxylic acids is 1. The van der Waals surface area contributed by atoms with Crippen LogP contribution in [0.5, 0.6) is 5.75 Å². The summed E-state index contributed by atoms with van der Waals surface area (Å²) >= 11 is 3.18. The van der Waals surface area contributed by atoms with Gasteiger partial charge in [0.1, 0.15) is 24.0 Å².